The van der Waals surface area contributed by atoms with E-state index in [0.717, 1.165) is 22.4 Å². The number of benzene rings is 2. The summed E-state index contributed by atoms with van der Waals surface area (Å²) >= 11 is 0. The van der Waals surface area contributed by atoms with Gasteiger partial charge in [0, 0.05) is 18.4 Å². The summed E-state index contributed by atoms with van der Waals surface area (Å²) in [4.78, 5) is 28.5. The number of nitrogens with one attached hydrogen (secondary N) is 1. The first-order chi connectivity index (χ1) is 13.8. The molecule has 6 heteroatoms. The van der Waals surface area contributed by atoms with Crippen LogP contribution in [-0.4, -0.2) is 22.0 Å². The summed E-state index contributed by atoms with van der Waals surface area (Å²) in [6.07, 6.45) is 0.376. The summed E-state index contributed by atoms with van der Waals surface area (Å²) in [6, 6.07) is 14.1. The maximum atomic E-state index is 12.4. The molecule has 2 N–H and O–H groups in total. The smallest absolute Gasteiger partial charge is 0.330 e. The first kappa shape index (κ1) is 20.3. The van der Waals surface area contributed by atoms with E-state index in [2.05, 4.69) is 10.3 Å². The SMILES string of the molecule is Cc1cc(C)cc(C(NC(=O)CCc2nc(C)c(-c3ccccc3)o2)C(=O)O)c1. The molecular formula is C23H24N2O4. The van der Waals surface area contributed by atoms with Crippen molar-refractivity contribution in [2.75, 3.05) is 0 Å². The molecule has 0 fully saturated rings. The largest absolute Gasteiger partial charge is 0.479 e. The number of carbonyl (C=O) groups is 2. The van der Waals surface area contributed by atoms with Crippen molar-refractivity contribution in [2.24, 2.45) is 0 Å². The minimum atomic E-state index is -1.10. The van der Waals surface area contributed by atoms with E-state index in [4.69, 9.17) is 4.42 Å². The molecule has 1 amide bonds. The predicted octanol–water partition coefficient (Wildman–Crippen LogP) is 4.14. The standard InChI is InChI=1S/C23H24N2O4/c1-14-11-15(2)13-18(12-14)21(23(27)28)25-19(26)9-10-20-24-16(3)22(29-20)17-7-5-4-6-8-17/h4-8,11-13,21H,9-10H2,1-3H3,(H,25,26)(H,27,28). The number of hydrogen-bond acceptors (Lipinski definition) is 4. The number of hydrogen-bond donors (Lipinski definition) is 2. The maximum absolute atomic E-state index is 12.4. The quantitative estimate of drug-likeness (QED) is 0.630. The lowest BCUT2D eigenvalue weighted by Gasteiger charge is -2.16. The van der Waals surface area contributed by atoms with Crippen molar-refractivity contribution in [1.82, 2.24) is 10.3 Å². The predicted molar refractivity (Wildman–Crippen MR) is 109 cm³/mol. The van der Waals surface area contributed by atoms with Crippen LogP contribution in [-0.2, 0) is 16.0 Å². The fourth-order valence-electron chi connectivity index (χ4n) is 3.33. The molecule has 1 atom stereocenters. The van der Waals surface area contributed by atoms with Crippen LogP contribution in [0.15, 0.2) is 52.9 Å². The fourth-order valence-corrected chi connectivity index (χ4v) is 3.33. The van der Waals surface area contributed by atoms with Crippen molar-refractivity contribution < 1.29 is 19.1 Å². The Morgan fingerprint density at radius 1 is 1.07 bits per heavy atom. The van der Waals surface area contributed by atoms with Gasteiger partial charge in [-0.25, -0.2) is 9.78 Å². The number of rotatable bonds is 7. The minimum Gasteiger partial charge on any atom is -0.479 e. The lowest BCUT2D eigenvalue weighted by atomic mass is 10.0. The van der Waals surface area contributed by atoms with Crippen LogP contribution in [0, 0.1) is 20.8 Å². The van der Waals surface area contributed by atoms with Gasteiger partial charge in [-0.3, -0.25) is 4.79 Å². The van der Waals surface area contributed by atoms with Gasteiger partial charge in [-0.2, -0.15) is 0 Å². The molecule has 1 unspecified atom stereocenters. The molecule has 29 heavy (non-hydrogen) atoms. The van der Waals surface area contributed by atoms with Crippen LogP contribution in [0.3, 0.4) is 0 Å². The van der Waals surface area contributed by atoms with Gasteiger partial charge >= 0.3 is 5.97 Å². The van der Waals surface area contributed by atoms with E-state index in [-0.39, 0.29) is 12.3 Å². The highest BCUT2D eigenvalue weighted by molar-refractivity contribution is 5.84. The molecule has 0 aliphatic carbocycles. The van der Waals surface area contributed by atoms with Gasteiger partial charge in [-0.15, -0.1) is 0 Å². The Bertz CT molecular complexity index is 1000. The van der Waals surface area contributed by atoms with Crippen LogP contribution in [0.1, 0.15) is 40.7 Å². The highest BCUT2D eigenvalue weighted by Gasteiger charge is 2.23. The van der Waals surface area contributed by atoms with Crippen LogP contribution in [0.4, 0.5) is 0 Å². The van der Waals surface area contributed by atoms with Gasteiger partial charge < -0.3 is 14.8 Å². The molecule has 1 heterocycles. The Balaban J connectivity index is 1.66. The van der Waals surface area contributed by atoms with Crippen LogP contribution in [0.25, 0.3) is 11.3 Å². The Kier molecular flexibility index (Phi) is 6.12. The molecule has 150 valence electrons. The van der Waals surface area contributed by atoms with E-state index < -0.39 is 12.0 Å². The third-order valence-corrected chi connectivity index (χ3v) is 4.57. The number of aliphatic carboxylic acids is 1. The molecule has 0 radical (unpaired) electrons. The fraction of sp³-hybridized carbons (Fsp3) is 0.261. The molecule has 3 rings (SSSR count). The summed E-state index contributed by atoms with van der Waals surface area (Å²) in [5, 5.41) is 12.2. The topological polar surface area (TPSA) is 92.4 Å². The van der Waals surface area contributed by atoms with Crippen molar-refractivity contribution in [3.63, 3.8) is 0 Å². The lowest BCUT2D eigenvalue weighted by molar-refractivity contribution is -0.142. The second kappa shape index (κ2) is 8.73. The van der Waals surface area contributed by atoms with Gasteiger partial charge in [-0.05, 0) is 26.3 Å². The van der Waals surface area contributed by atoms with Crippen LogP contribution in [0.2, 0.25) is 0 Å². The highest BCUT2D eigenvalue weighted by Crippen LogP contribution is 2.24. The second-order valence-electron chi connectivity index (χ2n) is 7.15. The summed E-state index contributed by atoms with van der Waals surface area (Å²) in [7, 11) is 0. The van der Waals surface area contributed by atoms with Gasteiger partial charge in [0.2, 0.25) is 5.91 Å². The normalized spacial score (nSPS) is 11.8. The first-order valence-corrected chi connectivity index (χ1v) is 9.45. The summed E-state index contributed by atoms with van der Waals surface area (Å²) < 4.78 is 5.81. The van der Waals surface area contributed by atoms with Gasteiger partial charge in [-0.1, -0.05) is 59.7 Å². The zero-order valence-electron chi connectivity index (χ0n) is 16.7. The molecule has 2 aromatic carbocycles. The van der Waals surface area contributed by atoms with E-state index in [1.54, 1.807) is 12.1 Å². The van der Waals surface area contributed by atoms with Crippen LogP contribution >= 0.6 is 0 Å². The number of carbonyl (C=O) groups excluding carboxylic acids is 1. The Morgan fingerprint density at radius 3 is 2.34 bits per heavy atom. The number of carboxylic acid groups (broad SMARTS) is 1. The monoisotopic (exact) mass is 392 g/mol. The molecule has 0 aliphatic heterocycles. The van der Waals surface area contributed by atoms with Gasteiger partial charge in [0.05, 0.1) is 5.69 Å². The van der Waals surface area contributed by atoms with Gasteiger partial charge in [0.25, 0.3) is 0 Å². The van der Waals surface area contributed by atoms with Gasteiger partial charge in [0.15, 0.2) is 17.7 Å². The van der Waals surface area contributed by atoms with Crippen LogP contribution in [0.5, 0.6) is 0 Å². The molecule has 0 saturated carbocycles. The average Bonchev–Trinajstić information content (AvgIpc) is 3.05. The first-order valence-electron chi connectivity index (χ1n) is 9.45. The van der Waals surface area contributed by atoms with E-state index >= 15 is 0 Å². The number of oxazole rings is 1. The van der Waals surface area contributed by atoms with Crippen molar-refractivity contribution in [3.8, 4) is 11.3 Å². The number of carboxylic acids is 1. The minimum absolute atomic E-state index is 0.0861. The lowest BCUT2D eigenvalue weighted by Crippen LogP contribution is -2.34. The molecule has 0 spiro atoms. The van der Waals surface area contributed by atoms with E-state index in [0.29, 0.717) is 23.6 Å². The Morgan fingerprint density at radius 2 is 1.72 bits per heavy atom. The Hall–Kier alpha value is -3.41. The van der Waals surface area contributed by atoms with Crippen molar-refractivity contribution in [2.45, 2.75) is 39.7 Å². The van der Waals surface area contributed by atoms with Crippen LogP contribution < -0.4 is 5.32 Å². The van der Waals surface area contributed by atoms with Crippen molar-refractivity contribution in [3.05, 3.63) is 76.8 Å². The summed E-state index contributed by atoms with van der Waals surface area (Å²) in [5.74, 6) is -0.329. The summed E-state index contributed by atoms with van der Waals surface area (Å²) in [5.41, 5.74) is 4.13. The third-order valence-electron chi connectivity index (χ3n) is 4.57. The van der Waals surface area contributed by atoms with Gasteiger partial charge in [0.1, 0.15) is 0 Å². The molecule has 6 nitrogen and oxygen atoms in total. The molecule has 0 saturated heterocycles. The molecule has 3 aromatic rings. The number of aromatic nitrogens is 1. The Labute approximate surface area is 169 Å². The number of aryl methyl sites for hydroxylation is 4. The van der Waals surface area contributed by atoms with E-state index in [1.807, 2.05) is 57.2 Å². The number of nitrogens with zero attached hydrogens (tertiary/aromatic N) is 1. The number of amides is 1. The average molecular weight is 392 g/mol. The van der Waals surface area contributed by atoms with E-state index in [9.17, 15) is 14.7 Å². The maximum Gasteiger partial charge on any atom is 0.330 e. The second-order valence-corrected chi connectivity index (χ2v) is 7.15. The highest BCUT2D eigenvalue weighted by atomic mass is 16.4. The zero-order chi connectivity index (χ0) is 21.0. The molecule has 0 aliphatic rings. The molecular weight excluding hydrogens is 368 g/mol. The van der Waals surface area contributed by atoms with Crippen molar-refractivity contribution in [1.29, 1.82) is 0 Å². The van der Waals surface area contributed by atoms with E-state index in [1.165, 1.54) is 0 Å². The molecule has 1 aromatic heterocycles. The summed E-state index contributed by atoms with van der Waals surface area (Å²) in [6.45, 7) is 5.65. The third kappa shape index (κ3) is 5.10. The molecule has 0 bridgehead atoms. The zero-order valence-corrected chi connectivity index (χ0v) is 16.7. The van der Waals surface area contributed by atoms with Crippen molar-refractivity contribution >= 4 is 11.9 Å².